The highest BCUT2D eigenvalue weighted by atomic mass is 32.2. The molecule has 6 atom stereocenters. The van der Waals surface area contributed by atoms with Crippen molar-refractivity contribution in [3.8, 4) is 11.5 Å². The van der Waals surface area contributed by atoms with Crippen molar-refractivity contribution in [2.45, 2.75) is 114 Å². The molecule has 3 rings (SSSR count). The van der Waals surface area contributed by atoms with Crippen LogP contribution in [0, 0.1) is 11.8 Å². The third kappa shape index (κ3) is 13.8. The minimum absolute atomic E-state index is 0.0178. The molecule has 0 bridgehead atoms. The average molecular weight is 830 g/mol. The Morgan fingerprint density at radius 3 is 2.14 bits per heavy atom. The Balaban J connectivity index is 1.68. The van der Waals surface area contributed by atoms with Crippen LogP contribution in [0.25, 0.3) is 0 Å². The van der Waals surface area contributed by atoms with Crippen molar-refractivity contribution in [1.29, 1.82) is 0 Å². The van der Waals surface area contributed by atoms with Crippen LogP contribution in [0.5, 0.6) is 11.5 Å². The van der Waals surface area contributed by atoms with Gasteiger partial charge >= 0.3 is 5.97 Å². The summed E-state index contributed by atoms with van der Waals surface area (Å²) in [5.74, 6) is -3.75. The Morgan fingerprint density at radius 1 is 0.931 bits per heavy atom. The zero-order chi connectivity index (χ0) is 43.2. The van der Waals surface area contributed by atoms with Gasteiger partial charge in [0, 0.05) is 32.5 Å². The van der Waals surface area contributed by atoms with Gasteiger partial charge in [-0.15, -0.1) is 0 Å². The lowest BCUT2D eigenvalue weighted by Crippen LogP contribution is -2.59. The number of nitrogens with two attached hydrogens (primary N) is 2. The molecule has 0 aliphatic carbocycles. The number of ether oxygens (including phenoxy) is 1. The second-order valence-corrected chi connectivity index (χ2v) is 16.8. The number of likely N-dealkylation sites (N-methyl/N-ethyl adjacent to an activating group) is 1. The number of sulfonamides is 1. The molecule has 0 radical (unpaired) electrons. The van der Waals surface area contributed by atoms with E-state index in [0.717, 1.165) is 0 Å². The van der Waals surface area contributed by atoms with E-state index in [2.05, 4.69) is 15.4 Å². The fourth-order valence-corrected chi connectivity index (χ4v) is 8.10. The van der Waals surface area contributed by atoms with Crippen LogP contribution in [0.2, 0.25) is 0 Å². The van der Waals surface area contributed by atoms with Gasteiger partial charge in [0.1, 0.15) is 35.7 Å². The van der Waals surface area contributed by atoms with Gasteiger partial charge in [0.05, 0.1) is 4.90 Å². The Morgan fingerprint density at radius 2 is 1.57 bits per heavy atom. The second-order valence-electron chi connectivity index (χ2n) is 15.1. The largest absolute Gasteiger partial charge is 0.480 e. The molecule has 18 heteroatoms. The number of hydrogen-bond donors (Lipinski definition) is 6. The van der Waals surface area contributed by atoms with Gasteiger partial charge in [-0.2, -0.15) is 4.72 Å². The monoisotopic (exact) mass is 829 g/mol. The van der Waals surface area contributed by atoms with Crippen molar-refractivity contribution in [3.63, 3.8) is 0 Å². The van der Waals surface area contributed by atoms with Gasteiger partial charge < -0.3 is 41.7 Å². The van der Waals surface area contributed by atoms with Crippen LogP contribution < -0.4 is 31.6 Å². The molecule has 8 N–H and O–H groups in total. The summed E-state index contributed by atoms with van der Waals surface area (Å²) in [6.07, 6.45) is 1.15. The van der Waals surface area contributed by atoms with Gasteiger partial charge in [-0.1, -0.05) is 52.3 Å². The number of carbonyl (C=O) groups excluding carboxylic acids is 5. The summed E-state index contributed by atoms with van der Waals surface area (Å²) >= 11 is 0. The Labute approximate surface area is 340 Å². The molecular weight excluding hydrogens is 771 g/mol. The summed E-state index contributed by atoms with van der Waals surface area (Å²) in [5, 5.41) is 15.1. The normalized spacial score (nSPS) is 16.7. The molecule has 0 saturated carbocycles. The van der Waals surface area contributed by atoms with Gasteiger partial charge in [0.25, 0.3) is 0 Å². The van der Waals surface area contributed by atoms with Gasteiger partial charge in [-0.25, -0.2) is 8.42 Å². The van der Waals surface area contributed by atoms with Crippen molar-refractivity contribution in [2.24, 2.45) is 23.3 Å². The number of primary amides is 1. The van der Waals surface area contributed by atoms with Crippen LogP contribution in [0.1, 0.15) is 79.1 Å². The van der Waals surface area contributed by atoms with E-state index in [4.69, 9.17) is 16.2 Å². The molecule has 5 amide bonds. The van der Waals surface area contributed by atoms with E-state index >= 15 is 0 Å². The predicted molar refractivity (Wildman–Crippen MR) is 215 cm³/mol. The third-order valence-corrected chi connectivity index (χ3v) is 11.6. The minimum Gasteiger partial charge on any atom is -0.480 e. The molecule has 2 aromatic carbocycles. The number of rotatable bonds is 23. The van der Waals surface area contributed by atoms with E-state index in [1.54, 1.807) is 29.2 Å². The van der Waals surface area contributed by atoms with Gasteiger partial charge in [-0.05, 0) is 86.9 Å². The van der Waals surface area contributed by atoms with E-state index in [1.165, 1.54) is 36.2 Å². The highest BCUT2D eigenvalue weighted by molar-refractivity contribution is 7.89. The number of carbonyl (C=O) groups is 6. The molecule has 1 aliphatic rings. The number of nitrogens with zero attached hydrogens (tertiary/aromatic N) is 2. The SMILES string of the molecule is CC[C@H](C)[C@@H](C(=O)N1CCC[C@H]1CC(N)=O)N(C)C(=O)[C@H](CC(C)C)NC(=O)[C@H](CCN)NC(=O)CC[C@@H](NS(=O)(=O)c1ccc(Oc2ccccc2)cc1)C(=O)O. The van der Waals surface area contributed by atoms with Crippen molar-refractivity contribution >= 4 is 45.5 Å². The summed E-state index contributed by atoms with van der Waals surface area (Å²) in [6, 6.07) is 8.96. The first-order valence-electron chi connectivity index (χ1n) is 19.6. The lowest BCUT2D eigenvalue weighted by atomic mass is 9.94. The number of amides is 5. The van der Waals surface area contributed by atoms with Crippen LogP contribution in [0.4, 0.5) is 0 Å². The molecular formula is C40H59N7O10S. The third-order valence-electron chi connectivity index (χ3n) is 10.1. The first kappa shape index (κ1) is 47.3. The zero-order valence-electron chi connectivity index (χ0n) is 33.9. The fraction of sp³-hybridized carbons (Fsp3) is 0.550. The molecule has 1 aliphatic heterocycles. The smallest absolute Gasteiger partial charge is 0.321 e. The highest BCUT2D eigenvalue weighted by Crippen LogP contribution is 2.26. The van der Waals surface area contributed by atoms with Crippen LogP contribution in [-0.2, 0) is 38.8 Å². The van der Waals surface area contributed by atoms with E-state index in [-0.39, 0.29) is 54.5 Å². The number of para-hydroxylation sites is 1. The zero-order valence-corrected chi connectivity index (χ0v) is 34.7. The van der Waals surface area contributed by atoms with Crippen molar-refractivity contribution in [2.75, 3.05) is 20.1 Å². The molecule has 1 saturated heterocycles. The summed E-state index contributed by atoms with van der Waals surface area (Å²) < 4.78 is 34.0. The standard InChI is InChI=1S/C40H59N7O10S/c1-6-26(4)36(39(52)47-22-10-11-27(47)24-34(42)48)46(5)38(51)33(23-25(2)3)44-37(50)31(20-21-41)43-35(49)19-18-32(40(53)54)45-58(55,56)30-16-14-29(15-17-30)57-28-12-8-7-9-13-28/h7-9,12-17,25-27,31-33,36,45H,6,10-11,18-24,41H2,1-5H3,(H2,42,48)(H,43,49)(H,44,50)(H,53,54)/t26-,27-,31-,32+,33-,36-/m0/s1. The summed E-state index contributed by atoms with van der Waals surface area (Å²) in [6.45, 7) is 7.89. The summed E-state index contributed by atoms with van der Waals surface area (Å²) in [5.41, 5.74) is 11.2. The van der Waals surface area contributed by atoms with Crippen LogP contribution in [0.3, 0.4) is 0 Å². The molecule has 2 aromatic rings. The maximum absolute atomic E-state index is 14.1. The summed E-state index contributed by atoms with van der Waals surface area (Å²) in [7, 11) is -2.82. The Hall–Kier alpha value is -5.07. The molecule has 58 heavy (non-hydrogen) atoms. The number of benzene rings is 2. The van der Waals surface area contributed by atoms with E-state index in [0.29, 0.717) is 37.3 Å². The maximum Gasteiger partial charge on any atom is 0.321 e. The number of carboxylic acid groups (broad SMARTS) is 1. The first-order chi connectivity index (χ1) is 27.4. The fourth-order valence-electron chi connectivity index (χ4n) is 6.88. The van der Waals surface area contributed by atoms with Crippen molar-refractivity contribution in [3.05, 3.63) is 54.6 Å². The van der Waals surface area contributed by atoms with Crippen molar-refractivity contribution < 1.29 is 47.0 Å². The maximum atomic E-state index is 14.1. The van der Waals surface area contributed by atoms with Crippen LogP contribution in [0.15, 0.2) is 59.5 Å². The van der Waals surface area contributed by atoms with E-state index in [1.807, 2.05) is 33.8 Å². The topological polar surface area (TPSA) is 261 Å². The molecule has 320 valence electrons. The Bertz CT molecular complexity index is 1830. The number of aliphatic carboxylic acids is 1. The lowest BCUT2D eigenvalue weighted by molar-refractivity contribution is -0.149. The van der Waals surface area contributed by atoms with Crippen molar-refractivity contribution in [1.82, 2.24) is 25.2 Å². The van der Waals surface area contributed by atoms with E-state index < -0.39 is 76.6 Å². The van der Waals surface area contributed by atoms with E-state index in [9.17, 15) is 42.3 Å². The minimum atomic E-state index is -4.33. The lowest BCUT2D eigenvalue weighted by Gasteiger charge is -2.38. The molecule has 17 nitrogen and oxygen atoms in total. The first-order valence-corrected chi connectivity index (χ1v) is 21.1. The summed E-state index contributed by atoms with van der Waals surface area (Å²) in [4.78, 5) is 81.5. The number of likely N-dealkylation sites (tertiary alicyclic amines) is 1. The van der Waals surface area contributed by atoms with Gasteiger partial charge in [0.15, 0.2) is 0 Å². The molecule has 0 spiro atoms. The molecule has 1 heterocycles. The van der Waals surface area contributed by atoms with Crippen LogP contribution >= 0.6 is 0 Å². The van der Waals surface area contributed by atoms with Crippen LogP contribution in [-0.4, -0.2) is 109 Å². The second kappa shape index (κ2) is 22.2. The number of nitrogens with one attached hydrogen (secondary N) is 3. The highest BCUT2D eigenvalue weighted by Gasteiger charge is 2.41. The van der Waals surface area contributed by atoms with Gasteiger partial charge in [0.2, 0.25) is 39.6 Å². The molecule has 0 unspecified atom stereocenters. The molecule has 1 fully saturated rings. The quantitative estimate of drug-likeness (QED) is 0.0945. The predicted octanol–water partition coefficient (Wildman–Crippen LogP) is 2.09. The number of carboxylic acids is 1. The molecule has 0 aromatic heterocycles. The average Bonchev–Trinajstić information content (AvgIpc) is 3.63. The number of hydrogen-bond acceptors (Lipinski definition) is 10. The van der Waals surface area contributed by atoms with Gasteiger partial charge in [-0.3, -0.25) is 28.8 Å². The Kier molecular flexibility index (Phi) is 18.1.